The van der Waals surface area contributed by atoms with E-state index in [1.807, 2.05) is 6.92 Å². The van der Waals surface area contributed by atoms with Crippen LogP contribution in [0.4, 0.5) is 24.5 Å². The second kappa shape index (κ2) is 7.65. The van der Waals surface area contributed by atoms with Crippen molar-refractivity contribution in [2.45, 2.75) is 19.5 Å². The standard InChI is InChI=1S/C17H16ClF3N2O2/c1-2-7-25-15-6-3-10(8-14(15)22)16(24)23-11-4-5-13(18)12(9-11)17(19,20)21/h3-6,8-9H,2,7,22H2,1H3,(H,23,24). The van der Waals surface area contributed by atoms with Crippen LogP contribution in [0.15, 0.2) is 36.4 Å². The Labute approximate surface area is 147 Å². The second-order valence-electron chi connectivity index (χ2n) is 5.25. The van der Waals surface area contributed by atoms with E-state index in [2.05, 4.69) is 5.32 Å². The van der Waals surface area contributed by atoms with Gasteiger partial charge in [-0.1, -0.05) is 18.5 Å². The maximum absolute atomic E-state index is 12.9. The van der Waals surface area contributed by atoms with E-state index in [0.29, 0.717) is 12.4 Å². The molecular formula is C17H16ClF3N2O2. The Morgan fingerprint density at radius 2 is 1.96 bits per heavy atom. The molecule has 2 aromatic rings. The Morgan fingerprint density at radius 1 is 1.24 bits per heavy atom. The van der Waals surface area contributed by atoms with Crippen molar-refractivity contribution in [2.75, 3.05) is 17.7 Å². The highest BCUT2D eigenvalue weighted by atomic mass is 35.5. The van der Waals surface area contributed by atoms with Crippen molar-refractivity contribution in [1.82, 2.24) is 0 Å². The molecule has 0 spiro atoms. The Hall–Kier alpha value is -2.41. The van der Waals surface area contributed by atoms with Crippen LogP contribution < -0.4 is 15.8 Å². The van der Waals surface area contributed by atoms with Gasteiger partial charge in [-0.3, -0.25) is 4.79 Å². The van der Waals surface area contributed by atoms with E-state index < -0.39 is 22.7 Å². The molecule has 0 aliphatic rings. The van der Waals surface area contributed by atoms with E-state index in [1.54, 1.807) is 6.07 Å². The average Bonchev–Trinajstić information content (AvgIpc) is 2.54. The van der Waals surface area contributed by atoms with Crippen molar-refractivity contribution in [3.63, 3.8) is 0 Å². The van der Waals surface area contributed by atoms with Crippen molar-refractivity contribution in [3.05, 3.63) is 52.5 Å². The molecule has 0 aromatic heterocycles. The molecule has 0 atom stereocenters. The zero-order valence-corrected chi connectivity index (χ0v) is 14.0. The van der Waals surface area contributed by atoms with Gasteiger partial charge < -0.3 is 15.8 Å². The Bertz CT molecular complexity index is 779. The molecule has 0 fully saturated rings. The fraction of sp³-hybridized carbons (Fsp3) is 0.235. The van der Waals surface area contributed by atoms with Crippen LogP contribution in [0, 0.1) is 0 Å². The van der Waals surface area contributed by atoms with Gasteiger partial charge in [0.25, 0.3) is 5.91 Å². The molecule has 3 N–H and O–H groups in total. The summed E-state index contributed by atoms with van der Waals surface area (Å²) in [6.07, 6.45) is -3.81. The molecule has 25 heavy (non-hydrogen) atoms. The molecule has 2 aromatic carbocycles. The lowest BCUT2D eigenvalue weighted by molar-refractivity contribution is -0.137. The Morgan fingerprint density at radius 3 is 2.56 bits per heavy atom. The summed E-state index contributed by atoms with van der Waals surface area (Å²) >= 11 is 5.55. The lowest BCUT2D eigenvalue weighted by Crippen LogP contribution is -2.14. The highest BCUT2D eigenvalue weighted by Gasteiger charge is 2.33. The molecule has 134 valence electrons. The van der Waals surface area contributed by atoms with Gasteiger partial charge in [0.2, 0.25) is 0 Å². The first-order valence-corrected chi connectivity index (χ1v) is 7.80. The van der Waals surface area contributed by atoms with Crippen LogP contribution in [0.3, 0.4) is 0 Å². The first kappa shape index (κ1) is 18.9. The van der Waals surface area contributed by atoms with E-state index in [1.165, 1.54) is 18.2 Å². The van der Waals surface area contributed by atoms with Crippen LogP contribution in [0.25, 0.3) is 0 Å². The lowest BCUT2D eigenvalue weighted by atomic mass is 10.1. The summed E-state index contributed by atoms with van der Waals surface area (Å²) in [4.78, 5) is 12.2. The lowest BCUT2D eigenvalue weighted by Gasteiger charge is -2.13. The molecule has 0 heterocycles. The second-order valence-corrected chi connectivity index (χ2v) is 5.65. The van der Waals surface area contributed by atoms with Crippen molar-refractivity contribution in [1.29, 1.82) is 0 Å². The van der Waals surface area contributed by atoms with Crippen LogP contribution in [0.5, 0.6) is 5.75 Å². The number of hydrogen-bond acceptors (Lipinski definition) is 3. The monoisotopic (exact) mass is 372 g/mol. The number of benzene rings is 2. The average molecular weight is 373 g/mol. The number of amides is 1. The third kappa shape index (κ3) is 4.79. The van der Waals surface area contributed by atoms with Gasteiger partial charge in [0.05, 0.1) is 22.9 Å². The minimum absolute atomic E-state index is 0.0217. The number of halogens is 4. The molecule has 0 unspecified atom stereocenters. The fourth-order valence-electron chi connectivity index (χ4n) is 2.06. The summed E-state index contributed by atoms with van der Waals surface area (Å²) in [5.74, 6) is -0.145. The molecule has 1 amide bonds. The molecule has 2 rings (SSSR count). The minimum Gasteiger partial charge on any atom is -0.491 e. The summed E-state index contributed by atoms with van der Waals surface area (Å²) in [6.45, 7) is 2.43. The van der Waals surface area contributed by atoms with E-state index in [0.717, 1.165) is 18.6 Å². The topological polar surface area (TPSA) is 64.3 Å². The summed E-state index contributed by atoms with van der Waals surface area (Å²) in [5.41, 5.74) is 5.25. The molecule has 8 heteroatoms. The fourth-order valence-corrected chi connectivity index (χ4v) is 2.28. The van der Waals surface area contributed by atoms with Gasteiger partial charge in [0.1, 0.15) is 5.75 Å². The number of nitrogens with two attached hydrogens (primary N) is 1. The number of ether oxygens (including phenoxy) is 1. The van der Waals surface area contributed by atoms with E-state index >= 15 is 0 Å². The predicted octanol–water partition coefficient (Wildman–Crippen LogP) is 4.98. The van der Waals surface area contributed by atoms with Gasteiger partial charge in [0, 0.05) is 11.3 Å². The zero-order chi connectivity index (χ0) is 18.6. The molecule has 0 saturated carbocycles. The number of carbonyl (C=O) groups is 1. The van der Waals surface area contributed by atoms with Crippen molar-refractivity contribution in [3.8, 4) is 5.75 Å². The van der Waals surface area contributed by atoms with Gasteiger partial charge >= 0.3 is 6.18 Å². The van der Waals surface area contributed by atoms with E-state index in [4.69, 9.17) is 22.1 Å². The zero-order valence-electron chi connectivity index (χ0n) is 13.3. The van der Waals surface area contributed by atoms with Crippen molar-refractivity contribution >= 4 is 28.9 Å². The normalized spacial score (nSPS) is 11.2. The summed E-state index contributed by atoms with van der Waals surface area (Å²) < 4.78 is 44.0. The van der Waals surface area contributed by atoms with Crippen molar-refractivity contribution < 1.29 is 22.7 Å². The summed E-state index contributed by atoms with van der Waals surface area (Å²) in [7, 11) is 0. The number of alkyl halides is 3. The van der Waals surface area contributed by atoms with Crippen LogP contribution in [-0.4, -0.2) is 12.5 Å². The van der Waals surface area contributed by atoms with Gasteiger partial charge in [-0.25, -0.2) is 0 Å². The van der Waals surface area contributed by atoms with Gasteiger partial charge in [-0.15, -0.1) is 0 Å². The molecular weight excluding hydrogens is 357 g/mol. The van der Waals surface area contributed by atoms with Gasteiger partial charge in [0.15, 0.2) is 0 Å². The van der Waals surface area contributed by atoms with Crippen LogP contribution in [0.1, 0.15) is 29.3 Å². The maximum atomic E-state index is 12.9. The Balaban J connectivity index is 2.18. The van der Waals surface area contributed by atoms with Crippen LogP contribution >= 0.6 is 11.6 Å². The van der Waals surface area contributed by atoms with Gasteiger partial charge in [-0.2, -0.15) is 13.2 Å². The number of nitrogen functional groups attached to an aromatic ring is 1. The minimum atomic E-state index is -4.61. The Kier molecular flexibility index (Phi) is 5.79. The maximum Gasteiger partial charge on any atom is 0.417 e. The highest BCUT2D eigenvalue weighted by molar-refractivity contribution is 6.31. The summed E-state index contributed by atoms with van der Waals surface area (Å²) in [6, 6.07) is 7.58. The first-order valence-electron chi connectivity index (χ1n) is 7.42. The molecule has 0 aliphatic heterocycles. The molecule has 0 bridgehead atoms. The number of anilines is 2. The predicted molar refractivity (Wildman–Crippen MR) is 91.0 cm³/mol. The quantitative estimate of drug-likeness (QED) is 0.727. The smallest absolute Gasteiger partial charge is 0.417 e. The number of nitrogens with one attached hydrogen (secondary N) is 1. The molecule has 4 nitrogen and oxygen atoms in total. The van der Waals surface area contributed by atoms with E-state index in [9.17, 15) is 18.0 Å². The number of carbonyl (C=O) groups excluding carboxylic acids is 1. The van der Waals surface area contributed by atoms with Crippen molar-refractivity contribution in [2.24, 2.45) is 0 Å². The number of rotatable bonds is 5. The summed E-state index contributed by atoms with van der Waals surface area (Å²) in [5, 5.41) is 1.96. The van der Waals surface area contributed by atoms with Crippen LogP contribution in [0.2, 0.25) is 5.02 Å². The van der Waals surface area contributed by atoms with E-state index in [-0.39, 0.29) is 16.9 Å². The largest absolute Gasteiger partial charge is 0.491 e. The third-order valence-electron chi connectivity index (χ3n) is 3.26. The molecule has 0 saturated heterocycles. The SMILES string of the molecule is CCCOc1ccc(C(=O)Nc2ccc(Cl)c(C(F)(F)F)c2)cc1N. The molecule has 0 aliphatic carbocycles. The first-order chi connectivity index (χ1) is 11.7. The van der Waals surface area contributed by atoms with Gasteiger partial charge in [-0.05, 0) is 42.8 Å². The highest BCUT2D eigenvalue weighted by Crippen LogP contribution is 2.36. The number of hydrogen-bond donors (Lipinski definition) is 2. The van der Waals surface area contributed by atoms with Crippen LogP contribution in [-0.2, 0) is 6.18 Å². The molecule has 0 radical (unpaired) electrons. The third-order valence-corrected chi connectivity index (χ3v) is 3.59.